The van der Waals surface area contributed by atoms with Gasteiger partial charge in [-0.2, -0.15) is 0 Å². The number of nitrogens with zero attached hydrogens (tertiary/aromatic N) is 3. The van der Waals surface area contributed by atoms with E-state index in [0.29, 0.717) is 0 Å². The van der Waals surface area contributed by atoms with Gasteiger partial charge in [0.15, 0.2) is 5.16 Å². The summed E-state index contributed by atoms with van der Waals surface area (Å²) in [5.74, 6) is 0. The number of nitrogens with one attached hydrogen (secondary N) is 1. The Morgan fingerprint density at radius 1 is 1.41 bits per heavy atom. The van der Waals surface area contributed by atoms with Crippen LogP contribution in [0.2, 0.25) is 0 Å². The van der Waals surface area contributed by atoms with Crippen molar-refractivity contribution in [3.8, 4) is 0 Å². The standard InChI is InChI=1S/C12H16N4S/c1-9-6-10(7-13-2)8-15-11(9)17-12-14-4-5-16(12)3/h4-6,8,13H,7H2,1-3H3. The molecule has 2 aromatic heterocycles. The maximum atomic E-state index is 4.48. The normalized spacial score (nSPS) is 10.8. The summed E-state index contributed by atoms with van der Waals surface area (Å²) in [6, 6.07) is 2.16. The molecule has 0 amide bonds. The molecule has 90 valence electrons. The Kier molecular flexibility index (Phi) is 3.81. The maximum Gasteiger partial charge on any atom is 0.174 e. The molecule has 0 bridgehead atoms. The van der Waals surface area contributed by atoms with Crippen LogP contribution in [0.5, 0.6) is 0 Å². The summed E-state index contributed by atoms with van der Waals surface area (Å²) in [4.78, 5) is 8.77. The monoisotopic (exact) mass is 248 g/mol. The highest BCUT2D eigenvalue weighted by Gasteiger charge is 2.07. The SMILES string of the molecule is CNCc1cnc(Sc2nccn2C)c(C)c1. The molecular weight excluding hydrogens is 232 g/mol. The molecule has 4 nitrogen and oxygen atoms in total. The predicted octanol–water partition coefficient (Wildman–Crippen LogP) is 1.99. The number of imidazole rings is 1. The summed E-state index contributed by atoms with van der Waals surface area (Å²) >= 11 is 1.59. The highest BCUT2D eigenvalue weighted by molar-refractivity contribution is 7.99. The van der Waals surface area contributed by atoms with Crippen LogP contribution in [-0.2, 0) is 13.6 Å². The lowest BCUT2D eigenvalue weighted by Crippen LogP contribution is -2.06. The van der Waals surface area contributed by atoms with Gasteiger partial charge in [0.1, 0.15) is 5.03 Å². The van der Waals surface area contributed by atoms with Crippen molar-refractivity contribution in [2.45, 2.75) is 23.7 Å². The van der Waals surface area contributed by atoms with Crippen molar-refractivity contribution < 1.29 is 0 Å². The number of hydrogen-bond acceptors (Lipinski definition) is 4. The first-order valence-corrected chi connectivity index (χ1v) is 6.27. The molecule has 0 aliphatic rings. The third kappa shape index (κ3) is 2.87. The highest BCUT2D eigenvalue weighted by atomic mass is 32.2. The Bertz CT molecular complexity index is 507. The van der Waals surface area contributed by atoms with Crippen molar-refractivity contribution in [1.29, 1.82) is 0 Å². The van der Waals surface area contributed by atoms with Crippen LogP contribution in [0.25, 0.3) is 0 Å². The van der Waals surface area contributed by atoms with Crippen LogP contribution in [0.4, 0.5) is 0 Å². The van der Waals surface area contributed by atoms with Crippen LogP contribution in [0.3, 0.4) is 0 Å². The Morgan fingerprint density at radius 2 is 2.24 bits per heavy atom. The van der Waals surface area contributed by atoms with Crippen molar-refractivity contribution in [2.75, 3.05) is 7.05 Å². The van der Waals surface area contributed by atoms with E-state index in [-0.39, 0.29) is 0 Å². The van der Waals surface area contributed by atoms with Gasteiger partial charge in [-0.05, 0) is 36.9 Å². The maximum absolute atomic E-state index is 4.48. The first kappa shape index (κ1) is 12.1. The van der Waals surface area contributed by atoms with Gasteiger partial charge in [-0.25, -0.2) is 9.97 Å². The molecule has 0 saturated carbocycles. The van der Waals surface area contributed by atoms with Gasteiger partial charge < -0.3 is 9.88 Å². The Balaban J connectivity index is 2.19. The fourth-order valence-corrected chi connectivity index (χ4v) is 2.38. The van der Waals surface area contributed by atoms with Gasteiger partial charge in [0, 0.05) is 32.2 Å². The molecule has 0 fully saturated rings. The van der Waals surface area contributed by atoms with Gasteiger partial charge >= 0.3 is 0 Å². The Hall–Kier alpha value is -1.33. The average Bonchev–Trinajstić information content (AvgIpc) is 2.69. The van der Waals surface area contributed by atoms with Crippen LogP contribution in [0.1, 0.15) is 11.1 Å². The number of pyridine rings is 1. The molecule has 1 N–H and O–H groups in total. The van der Waals surface area contributed by atoms with E-state index in [2.05, 4.69) is 28.3 Å². The molecule has 5 heteroatoms. The van der Waals surface area contributed by atoms with Crippen LogP contribution >= 0.6 is 11.8 Å². The molecule has 0 unspecified atom stereocenters. The minimum atomic E-state index is 0.848. The van der Waals surface area contributed by atoms with E-state index in [9.17, 15) is 0 Å². The lowest BCUT2D eigenvalue weighted by molar-refractivity contribution is 0.786. The largest absolute Gasteiger partial charge is 0.329 e. The smallest absolute Gasteiger partial charge is 0.174 e. The zero-order valence-electron chi connectivity index (χ0n) is 10.3. The predicted molar refractivity (Wildman–Crippen MR) is 69.1 cm³/mol. The summed E-state index contributed by atoms with van der Waals surface area (Å²) in [5, 5.41) is 5.10. The van der Waals surface area contributed by atoms with Gasteiger partial charge in [-0.3, -0.25) is 0 Å². The quantitative estimate of drug-likeness (QED) is 0.898. The molecule has 2 heterocycles. The number of hydrogen-bond donors (Lipinski definition) is 1. The van der Waals surface area contributed by atoms with Gasteiger partial charge in [0.05, 0.1) is 0 Å². The van der Waals surface area contributed by atoms with E-state index in [1.165, 1.54) is 11.1 Å². The fourth-order valence-electron chi connectivity index (χ4n) is 1.56. The van der Waals surface area contributed by atoms with Crippen LogP contribution in [0, 0.1) is 6.92 Å². The summed E-state index contributed by atoms with van der Waals surface area (Å²) in [7, 11) is 3.92. The molecule has 0 spiro atoms. The van der Waals surface area contributed by atoms with Crippen molar-refractivity contribution in [3.63, 3.8) is 0 Å². The number of aryl methyl sites for hydroxylation is 2. The topological polar surface area (TPSA) is 42.7 Å². The van der Waals surface area contributed by atoms with Crippen molar-refractivity contribution in [2.24, 2.45) is 7.05 Å². The van der Waals surface area contributed by atoms with Crippen LogP contribution in [-0.4, -0.2) is 21.6 Å². The Morgan fingerprint density at radius 3 is 2.82 bits per heavy atom. The van der Waals surface area contributed by atoms with E-state index in [1.54, 1.807) is 18.0 Å². The molecule has 0 atom stereocenters. The number of rotatable bonds is 4. The molecule has 2 rings (SSSR count). The average molecular weight is 248 g/mol. The van der Waals surface area contributed by atoms with E-state index in [0.717, 1.165) is 16.7 Å². The first-order valence-electron chi connectivity index (χ1n) is 5.46. The second-order valence-electron chi connectivity index (χ2n) is 3.92. The minimum Gasteiger partial charge on any atom is -0.329 e. The molecule has 0 saturated heterocycles. The molecule has 0 radical (unpaired) electrons. The second-order valence-corrected chi connectivity index (χ2v) is 4.87. The first-order chi connectivity index (χ1) is 8.20. The van der Waals surface area contributed by atoms with E-state index in [1.807, 2.05) is 31.1 Å². The fraction of sp³-hybridized carbons (Fsp3) is 0.333. The van der Waals surface area contributed by atoms with E-state index < -0.39 is 0 Å². The molecule has 2 aromatic rings. The third-order valence-corrected chi connectivity index (χ3v) is 3.63. The molecule has 0 aromatic carbocycles. The Labute approximate surface area is 105 Å². The van der Waals surface area contributed by atoms with Crippen LogP contribution in [0.15, 0.2) is 34.8 Å². The van der Waals surface area contributed by atoms with Gasteiger partial charge in [-0.1, -0.05) is 6.07 Å². The van der Waals surface area contributed by atoms with E-state index in [4.69, 9.17) is 0 Å². The summed E-state index contributed by atoms with van der Waals surface area (Å²) < 4.78 is 1.99. The third-order valence-electron chi connectivity index (χ3n) is 2.43. The summed E-state index contributed by atoms with van der Waals surface area (Å²) in [5.41, 5.74) is 2.39. The van der Waals surface area contributed by atoms with Gasteiger partial charge in [-0.15, -0.1) is 0 Å². The molecule has 0 aliphatic heterocycles. The van der Waals surface area contributed by atoms with Gasteiger partial charge in [0.2, 0.25) is 0 Å². The minimum absolute atomic E-state index is 0.848. The lowest BCUT2D eigenvalue weighted by Gasteiger charge is -2.06. The zero-order chi connectivity index (χ0) is 12.3. The van der Waals surface area contributed by atoms with Crippen LogP contribution < -0.4 is 5.32 Å². The van der Waals surface area contributed by atoms with Crippen molar-refractivity contribution >= 4 is 11.8 Å². The van der Waals surface area contributed by atoms with Crippen molar-refractivity contribution in [3.05, 3.63) is 35.8 Å². The molecule has 17 heavy (non-hydrogen) atoms. The molecule has 0 aliphatic carbocycles. The summed E-state index contributed by atoms with van der Waals surface area (Å²) in [6.07, 6.45) is 5.65. The summed E-state index contributed by atoms with van der Waals surface area (Å²) in [6.45, 7) is 2.93. The molecular formula is C12H16N4S. The number of aromatic nitrogens is 3. The zero-order valence-corrected chi connectivity index (χ0v) is 11.1. The van der Waals surface area contributed by atoms with Gasteiger partial charge in [0.25, 0.3) is 0 Å². The highest BCUT2D eigenvalue weighted by Crippen LogP contribution is 2.26. The lowest BCUT2D eigenvalue weighted by atomic mass is 10.2. The van der Waals surface area contributed by atoms with E-state index >= 15 is 0 Å². The van der Waals surface area contributed by atoms with Crippen molar-refractivity contribution in [1.82, 2.24) is 19.9 Å². The second kappa shape index (κ2) is 5.33.